The second kappa shape index (κ2) is 12.5. The molecule has 2 N–H and O–H groups in total. The number of morpholine rings is 1. The highest BCUT2D eigenvalue weighted by Gasteiger charge is 2.64. The van der Waals surface area contributed by atoms with Crippen LogP contribution >= 0.6 is 0 Å². The van der Waals surface area contributed by atoms with Gasteiger partial charge in [-0.1, -0.05) is 0 Å². The SMILES string of the molecule is COC1CCC2C3NCCC4C5CC(O[C@@H](C)C(=O)NCCCN6CCOCC6)CCC5N(C(=O)C2C1OC)C43. The van der Waals surface area contributed by atoms with Gasteiger partial charge in [-0.05, 0) is 82.7 Å². The van der Waals surface area contributed by atoms with E-state index in [-0.39, 0.29) is 48.1 Å². The molecule has 6 aliphatic rings. The zero-order valence-electron chi connectivity index (χ0n) is 24.6. The summed E-state index contributed by atoms with van der Waals surface area (Å²) in [5.74, 6) is 1.35. The molecule has 0 spiro atoms. The van der Waals surface area contributed by atoms with Gasteiger partial charge in [0.05, 0.1) is 43.5 Å². The van der Waals surface area contributed by atoms with Gasteiger partial charge in [-0.2, -0.15) is 0 Å². The maximum atomic E-state index is 14.2. The van der Waals surface area contributed by atoms with Crippen molar-refractivity contribution >= 4 is 11.8 Å². The lowest BCUT2D eigenvalue weighted by Gasteiger charge is -2.55. The number of amides is 2. The summed E-state index contributed by atoms with van der Waals surface area (Å²) in [6.07, 6.45) is 6.12. The normalized spacial score (nSPS) is 42.1. The molecule has 10 heteroatoms. The van der Waals surface area contributed by atoms with Crippen molar-refractivity contribution in [3.63, 3.8) is 0 Å². The smallest absolute Gasteiger partial charge is 0.248 e. The van der Waals surface area contributed by atoms with E-state index in [9.17, 15) is 9.59 Å². The van der Waals surface area contributed by atoms with Crippen LogP contribution in [0.3, 0.4) is 0 Å². The van der Waals surface area contributed by atoms with Crippen LogP contribution in [0.15, 0.2) is 0 Å². The van der Waals surface area contributed by atoms with Crippen LogP contribution in [-0.2, 0) is 28.5 Å². The van der Waals surface area contributed by atoms with E-state index in [0.717, 1.165) is 84.3 Å². The van der Waals surface area contributed by atoms with Gasteiger partial charge in [0.2, 0.25) is 11.8 Å². The van der Waals surface area contributed by atoms with E-state index in [2.05, 4.69) is 20.4 Å². The lowest BCUT2D eigenvalue weighted by molar-refractivity contribution is -0.175. The molecule has 11 atom stereocenters. The number of hydrogen-bond acceptors (Lipinski definition) is 8. The Hall–Kier alpha value is -1.30. The minimum atomic E-state index is -0.465. The Morgan fingerprint density at radius 1 is 1.07 bits per heavy atom. The predicted molar refractivity (Wildman–Crippen MR) is 149 cm³/mol. The predicted octanol–water partition coefficient (Wildman–Crippen LogP) is 1.03. The molecule has 4 saturated heterocycles. The first-order valence-electron chi connectivity index (χ1n) is 15.9. The van der Waals surface area contributed by atoms with Gasteiger partial charge in [0, 0.05) is 45.9 Å². The number of hydrogen-bond donors (Lipinski definition) is 2. The average Bonchev–Trinajstić information content (AvgIpc) is 3.32. The molecule has 6 fully saturated rings. The maximum Gasteiger partial charge on any atom is 0.248 e. The number of nitrogens with zero attached hydrogens (tertiary/aromatic N) is 2. The Kier molecular flexibility index (Phi) is 9.01. The fourth-order valence-corrected chi connectivity index (χ4v) is 9.29. The highest BCUT2D eigenvalue weighted by Crippen LogP contribution is 2.54. The second-order valence-corrected chi connectivity index (χ2v) is 13.0. The van der Waals surface area contributed by atoms with Crippen molar-refractivity contribution in [2.75, 3.05) is 60.2 Å². The van der Waals surface area contributed by atoms with Crippen LogP contribution in [0.4, 0.5) is 0 Å². The molecule has 0 bridgehead atoms. The van der Waals surface area contributed by atoms with Gasteiger partial charge < -0.3 is 34.5 Å². The van der Waals surface area contributed by atoms with Crippen molar-refractivity contribution in [1.29, 1.82) is 0 Å². The molecule has 2 saturated carbocycles. The summed E-state index contributed by atoms with van der Waals surface area (Å²) in [5, 5.41) is 6.93. The molecule has 6 rings (SSSR count). The molecule has 0 aromatic carbocycles. The third kappa shape index (κ3) is 5.33. The molecule has 2 aliphatic carbocycles. The minimum Gasteiger partial charge on any atom is -0.379 e. The van der Waals surface area contributed by atoms with Gasteiger partial charge >= 0.3 is 0 Å². The van der Waals surface area contributed by atoms with Crippen molar-refractivity contribution in [1.82, 2.24) is 20.4 Å². The number of fused-ring (bicyclic) bond motifs is 5. The van der Waals surface area contributed by atoms with Crippen LogP contribution in [0, 0.1) is 23.7 Å². The zero-order chi connectivity index (χ0) is 27.8. The summed E-state index contributed by atoms with van der Waals surface area (Å²) in [7, 11) is 3.47. The van der Waals surface area contributed by atoms with Crippen molar-refractivity contribution in [2.24, 2.45) is 23.7 Å². The van der Waals surface area contributed by atoms with Crippen LogP contribution in [-0.4, -0.2) is 124 Å². The molecule has 2 amide bonds. The van der Waals surface area contributed by atoms with Crippen molar-refractivity contribution in [3.05, 3.63) is 0 Å². The Balaban J connectivity index is 1.06. The number of carbonyl (C=O) groups is 2. The number of nitrogens with one attached hydrogen (secondary N) is 2. The first-order valence-corrected chi connectivity index (χ1v) is 15.9. The third-order valence-corrected chi connectivity index (χ3v) is 11.1. The van der Waals surface area contributed by atoms with Crippen LogP contribution < -0.4 is 10.6 Å². The van der Waals surface area contributed by atoms with E-state index < -0.39 is 6.10 Å². The van der Waals surface area contributed by atoms with Crippen molar-refractivity contribution < 1.29 is 28.5 Å². The first kappa shape index (κ1) is 28.8. The Morgan fingerprint density at radius 2 is 1.90 bits per heavy atom. The number of ether oxygens (including phenoxy) is 4. The van der Waals surface area contributed by atoms with Gasteiger partial charge in [0.15, 0.2) is 0 Å². The summed E-state index contributed by atoms with van der Waals surface area (Å²) >= 11 is 0. The molecular formula is C30H50N4O6. The highest BCUT2D eigenvalue weighted by molar-refractivity contribution is 5.83. The summed E-state index contributed by atoms with van der Waals surface area (Å²) in [5.41, 5.74) is 0. The van der Waals surface area contributed by atoms with E-state index in [1.165, 1.54) is 0 Å². The second-order valence-electron chi connectivity index (χ2n) is 13.0. The molecule has 10 nitrogen and oxygen atoms in total. The van der Waals surface area contributed by atoms with Crippen LogP contribution in [0.1, 0.15) is 51.9 Å². The van der Waals surface area contributed by atoms with Crippen LogP contribution in [0.25, 0.3) is 0 Å². The largest absolute Gasteiger partial charge is 0.379 e. The summed E-state index contributed by atoms with van der Waals surface area (Å²) in [4.78, 5) is 31.7. The van der Waals surface area contributed by atoms with Crippen molar-refractivity contribution in [2.45, 2.75) is 94.4 Å². The number of rotatable bonds is 9. The molecule has 226 valence electrons. The van der Waals surface area contributed by atoms with Crippen LogP contribution in [0.5, 0.6) is 0 Å². The van der Waals surface area contributed by atoms with E-state index in [1.54, 1.807) is 14.2 Å². The zero-order valence-corrected chi connectivity index (χ0v) is 24.6. The van der Waals surface area contributed by atoms with Gasteiger partial charge in [0.25, 0.3) is 0 Å². The molecule has 40 heavy (non-hydrogen) atoms. The van der Waals surface area contributed by atoms with Crippen molar-refractivity contribution in [3.8, 4) is 0 Å². The monoisotopic (exact) mass is 562 g/mol. The fraction of sp³-hybridized carbons (Fsp3) is 0.933. The molecule has 4 aliphatic heterocycles. The van der Waals surface area contributed by atoms with Crippen LogP contribution in [0.2, 0.25) is 0 Å². The van der Waals surface area contributed by atoms with E-state index in [1.807, 2.05) is 6.92 Å². The van der Waals surface area contributed by atoms with E-state index in [0.29, 0.717) is 30.3 Å². The number of carbonyl (C=O) groups excluding carboxylic acids is 2. The number of methoxy groups -OCH3 is 2. The summed E-state index contributed by atoms with van der Waals surface area (Å²) in [6, 6.07) is 0.847. The summed E-state index contributed by atoms with van der Waals surface area (Å²) < 4.78 is 23.5. The van der Waals surface area contributed by atoms with Gasteiger partial charge in [0.1, 0.15) is 6.10 Å². The fourth-order valence-electron chi connectivity index (χ4n) is 9.29. The van der Waals surface area contributed by atoms with E-state index >= 15 is 0 Å². The lowest BCUT2D eigenvalue weighted by atomic mass is 9.64. The molecule has 0 radical (unpaired) electrons. The maximum absolute atomic E-state index is 14.2. The average molecular weight is 563 g/mol. The number of piperidine rings is 2. The summed E-state index contributed by atoms with van der Waals surface area (Å²) in [6.45, 7) is 8.08. The molecule has 10 unspecified atom stereocenters. The first-order chi connectivity index (χ1) is 19.5. The van der Waals surface area contributed by atoms with Gasteiger partial charge in [-0.25, -0.2) is 0 Å². The van der Waals surface area contributed by atoms with E-state index in [4.69, 9.17) is 18.9 Å². The molecule has 0 aromatic heterocycles. The van der Waals surface area contributed by atoms with Gasteiger partial charge in [-0.3, -0.25) is 14.5 Å². The Morgan fingerprint density at radius 3 is 2.67 bits per heavy atom. The third-order valence-electron chi connectivity index (χ3n) is 11.1. The Labute approximate surface area is 239 Å². The molecule has 0 aromatic rings. The molecular weight excluding hydrogens is 512 g/mol. The highest BCUT2D eigenvalue weighted by atomic mass is 16.5. The topological polar surface area (TPSA) is 102 Å². The minimum absolute atomic E-state index is 0.0209. The lowest BCUT2D eigenvalue weighted by Crippen LogP contribution is -2.70. The standard InChI is InChI=1S/C30H50N4O6/c1-18(29(35)32-10-4-12-33-13-15-39-16-14-33)40-19-5-7-23-22(17-19)20-9-11-31-26-21-6-8-24(37-2)28(38-3)25(21)30(36)34(23)27(20)26/h18-28,31H,4-17H2,1-3H3,(H,32,35)/t18-,19?,20?,21?,22?,23?,24?,25?,26?,27?,28?/m0/s1. The quantitative estimate of drug-likeness (QED) is 0.402. The molecule has 4 heterocycles. The van der Waals surface area contributed by atoms with Gasteiger partial charge in [-0.15, -0.1) is 0 Å². The Bertz CT molecular complexity index is 901.